The summed E-state index contributed by atoms with van der Waals surface area (Å²) in [6.45, 7) is 4.86. The Balaban J connectivity index is 2.12. The molecule has 1 amide bonds. The fourth-order valence-electron chi connectivity index (χ4n) is 2.55. The number of likely N-dealkylation sites (tertiary alicyclic amines) is 1. The number of hydrogen-bond acceptors (Lipinski definition) is 4. The molecule has 20 heavy (non-hydrogen) atoms. The fraction of sp³-hybridized carbons (Fsp3) is 0.500. The summed E-state index contributed by atoms with van der Waals surface area (Å²) in [6, 6.07) is 7.83. The van der Waals surface area contributed by atoms with Gasteiger partial charge in [0.1, 0.15) is 0 Å². The molecule has 1 aliphatic heterocycles. The second kappa shape index (κ2) is 5.93. The molecule has 2 rings (SSSR count). The van der Waals surface area contributed by atoms with Crippen LogP contribution in [0.2, 0.25) is 0 Å². The van der Waals surface area contributed by atoms with Gasteiger partial charge in [0, 0.05) is 6.04 Å². The Labute approximate surface area is 120 Å². The first-order valence-electron chi connectivity index (χ1n) is 6.79. The molecule has 1 heterocycles. The van der Waals surface area contributed by atoms with E-state index in [0.717, 1.165) is 13.0 Å². The van der Waals surface area contributed by atoms with Gasteiger partial charge in [-0.1, -0.05) is 18.2 Å². The van der Waals surface area contributed by atoms with Crippen molar-refractivity contribution in [3.63, 3.8) is 0 Å². The van der Waals surface area contributed by atoms with Crippen LogP contribution in [0.1, 0.15) is 26.7 Å². The predicted octanol–water partition coefficient (Wildman–Crippen LogP) is 1.36. The highest BCUT2D eigenvalue weighted by Gasteiger charge is 2.34. The Morgan fingerprint density at radius 3 is 2.55 bits per heavy atom. The van der Waals surface area contributed by atoms with Gasteiger partial charge in [0.05, 0.1) is 10.9 Å². The molecule has 1 atom stereocenters. The zero-order valence-corrected chi connectivity index (χ0v) is 12.6. The number of nitrogens with one attached hydrogen (secondary N) is 1. The van der Waals surface area contributed by atoms with Crippen LogP contribution in [0.15, 0.2) is 35.2 Å². The highest BCUT2D eigenvalue weighted by atomic mass is 32.2. The molecule has 1 N–H and O–H groups in total. The molecule has 0 aliphatic carbocycles. The summed E-state index contributed by atoms with van der Waals surface area (Å²) in [5, 5.41) is 0. The summed E-state index contributed by atoms with van der Waals surface area (Å²) < 4.78 is 26.4. The fourth-order valence-corrected chi connectivity index (χ4v) is 3.58. The standard InChI is InChI=1S/C14H20N2O3S/c1-11(2)16-10-6-9-13(16)14(17)15-20(18,19)12-7-4-3-5-8-12/h3-5,7-8,11,13H,6,9-10H2,1-2H3,(H,15,17). The normalized spacial score (nSPS) is 20.2. The van der Waals surface area contributed by atoms with Gasteiger partial charge in [-0.3, -0.25) is 9.69 Å². The molecule has 0 aromatic heterocycles. The SMILES string of the molecule is CC(C)N1CCCC1C(=O)NS(=O)(=O)c1ccccc1. The maximum absolute atomic E-state index is 12.2. The first-order chi connectivity index (χ1) is 9.42. The third kappa shape index (κ3) is 3.19. The third-order valence-electron chi connectivity index (χ3n) is 3.55. The van der Waals surface area contributed by atoms with Crippen molar-refractivity contribution in [2.45, 2.75) is 43.7 Å². The summed E-state index contributed by atoms with van der Waals surface area (Å²) in [5.41, 5.74) is 0. The molecular weight excluding hydrogens is 276 g/mol. The van der Waals surface area contributed by atoms with Crippen molar-refractivity contribution in [3.05, 3.63) is 30.3 Å². The van der Waals surface area contributed by atoms with Crippen molar-refractivity contribution in [2.75, 3.05) is 6.54 Å². The molecule has 1 aromatic rings. The second-order valence-corrected chi connectivity index (χ2v) is 6.95. The Kier molecular flexibility index (Phi) is 4.45. The molecule has 1 fully saturated rings. The first kappa shape index (κ1) is 15.0. The van der Waals surface area contributed by atoms with Crippen molar-refractivity contribution in [2.24, 2.45) is 0 Å². The number of carbonyl (C=O) groups is 1. The van der Waals surface area contributed by atoms with Gasteiger partial charge in [-0.25, -0.2) is 13.1 Å². The van der Waals surface area contributed by atoms with E-state index in [1.807, 2.05) is 18.7 Å². The van der Waals surface area contributed by atoms with E-state index >= 15 is 0 Å². The summed E-state index contributed by atoms with van der Waals surface area (Å²) in [7, 11) is -3.77. The molecule has 1 saturated heterocycles. The lowest BCUT2D eigenvalue weighted by molar-refractivity contribution is -0.124. The lowest BCUT2D eigenvalue weighted by Crippen LogP contribution is -2.47. The van der Waals surface area contributed by atoms with Crippen LogP contribution in [0, 0.1) is 0 Å². The van der Waals surface area contributed by atoms with Gasteiger partial charge in [-0.2, -0.15) is 0 Å². The van der Waals surface area contributed by atoms with E-state index in [4.69, 9.17) is 0 Å². The van der Waals surface area contributed by atoms with Crippen molar-refractivity contribution in [1.29, 1.82) is 0 Å². The number of nitrogens with zero attached hydrogens (tertiary/aromatic N) is 1. The van der Waals surface area contributed by atoms with Gasteiger partial charge >= 0.3 is 0 Å². The number of benzene rings is 1. The van der Waals surface area contributed by atoms with E-state index < -0.39 is 15.9 Å². The number of sulfonamides is 1. The molecule has 1 aromatic carbocycles. The van der Waals surface area contributed by atoms with Crippen LogP contribution in [0.25, 0.3) is 0 Å². The van der Waals surface area contributed by atoms with Gasteiger partial charge in [-0.05, 0) is 45.4 Å². The maximum Gasteiger partial charge on any atom is 0.264 e. The minimum absolute atomic E-state index is 0.113. The Morgan fingerprint density at radius 1 is 1.30 bits per heavy atom. The van der Waals surface area contributed by atoms with Gasteiger partial charge in [0.25, 0.3) is 15.9 Å². The van der Waals surface area contributed by atoms with E-state index in [1.54, 1.807) is 18.2 Å². The van der Waals surface area contributed by atoms with Crippen LogP contribution in [-0.2, 0) is 14.8 Å². The number of hydrogen-bond donors (Lipinski definition) is 1. The van der Waals surface area contributed by atoms with Gasteiger partial charge in [-0.15, -0.1) is 0 Å². The van der Waals surface area contributed by atoms with Crippen LogP contribution in [0.5, 0.6) is 0 Å². The smallest absolute Gasteiger partial charge is 0.264 e. The van der Waals surface area contributed by atoms with Crippen molar-refractivity contribution < 1.29 is 13.2 Å². The molecular formula is C14H20N2O3S. The van der Waals surface area contributed by atoms with Crippen molar-refractivity contribution >= 4 is 15.9 Å². The number of rotatable bonds is 4. The summed E-state index contributed by atoms with van der Waals surface area (Å²) in [6.07, 6.45) is 1.62. The van der Waals surface area contributed by atoms with E-state index in [0.29, 0.717) is 6.42 Å². The van der Waals surface area contributed by atoms with Gasteiger partial charge < -0.3 is 0 Å². The molecule has 1 aliphatic rings. The molecule has 5 nitrogen and oxygen atoms in total. The Hall–Kier alpha value is -1.40. The highest BCUT2D eigenvalue weighted by molar-refractivity contribution is 7.90. The second-order valence-electron chi connectivity index (χ2n) is 5.27. The van der Waals surface area contributed by atoms with Crippen LogP contribution in [0.3, 0.4) is 0 Å². The average Bonchev–Trinajstić information content (AvgIpc) is 2.88. The minimum Gasteiger partial charge on any atom is -0.290 e. The monoisotopic (exact) mass is 296 g/mol. The first-order valence-corrected chi connectivity index (χ1v) is 8.27. The van der Waals surface area contributed by atoms with Crippen molar-refractivity contribution in [1.82, 2.24) is 9.62 Å². The van der Waals surface area contributed by atoms with Crippen LogP contribution in [0.4, 0.5) is 0 Å². The van der Waals surface area contributed by atoms with E-state index in [-0.39, 0.29) is 17.0 Å². The van der Waals surface area contributed by atoms with Crippen molar-refractivity contribution in [3.8, 4) is 0 Å². The third-order valence-corrected chi connectivity index (χ3v) is 4.91. The quantitative estimate of drug-likeness (QED) is 0.911. The Morgan fingerprint density at radius 2 is 1.95 bits per heavy atom. The largest absolute Gasteiger partial charge is 0.290 e. The lowest BCUT2D eigenvalue weighted by atomic mass is 10.2. The summed E-state index contributed by atoms with van der Waals surface area (Å²) in [4.78, 5) is 14.4. The topological polar surface area (TPSA) is 66.5 Å². The van der Waals surface area contributed by atoms with E-state index in [2.05, 4.69) is 4.72 Å². The molecule has 1 unspecified atom stereocenters. The van der Waals surface area contributed by atoms with Gasteiger partial charge in [0.2, 0.25) is 0 Å². The van der Waals surface area contributed by atoms with E-state index in [9.17, 15) is 13.2 Å². The average molecular weight is 296 g/mol. The zero-order chi connectivity index (χ0) is 14.8. The summed E-state index contributed by atoms with van der Waals surface area (Å²) in [5.74, 6) is -0.431. The van der Waals surface area contributed by atoms with Crippen LogP contribution in [-0.4, -0.2) is 37.9 Å². The zero-order valence-electron chi connectivity index (χ0n) is 11.7. The Bertz CT molecular complexity index is 569. The van der Waals surface area contributed by atoms with Crippen LogP contribution >= 0.6 is 0 Å². The maximum atomic E-state index is 12.2. The van der Waals surface area contributed by atoms with Gasteiger partial charge in [0.15, 0.2) is 0 Å². The number of carbonyl (C=O) groups excluding carboxylic acids is 1. The van der Waals surface area contributed by atoms with E-state index in [1.165, 1.54) is 12.1 Å². The molecule has 0 spiro atoms. The lowest BCUT2D eigenvalue weighted by Gasteiger charge is -2.27. The highest BCUT2D eigenvalue weighted by Crippen LogP contribution is 2.20. The minimum atomic E-state index is -3.77. The molecule has 0 radical (unpaired) electrons. The molecule has 0 saturated carbocycles. The summed E-state index contributed by atoms with van der Waals surface area (Å²) >= 11 is 0. The molecule has 6 heteroatoms. The molecule has 110 valence electrons. The predicted molar refractivity (Wildman–Crippen MR) is 76.6 cm³/mol. The number of amides is 1. The molecule has 0 bridgehead atoms. The van der Waals surface area contributed by atoms with Crippen LogP contribution < -0.4 is 4.72 Å².